The van der Waals surface area contributed by atoms with Gasteiger partial charge in [0, 0.05) is 22.9 Å². The Kier molecular flexibility index (Phi) is 3.73. The molecule has 0 atom stereocenters. The molecular weight excluding hydrogens is 316 g/mol. The first kappa shape index (κ1) is 13.1. The SMILES string of the molecule is Cl.Nc1nccc(N2CCc3cc(Br)ccc32)n1. The molecule has 1 aliphatic rings. The zero-order valence-corrected chi connectivity index (χ0v) is 11.9. The van der Waals surface area contributed by atoms with E-state index in [1.807, 2.05) is 12.1 Å². The first-order valence-corrected chi connectivity index (χ1v) is 6.18. The maximum atomic E-state index is 5.61. The molecule has 3 rings (SSSR count). The molecule has 1 aliphatic heterocycles. The van der Waals surface area contributed by atoms with Gasteiger partial charge in [-0.15, -0.1) is 12.4 Å². The van der Waals surface area contributed by atoms with E-state index in [0.29, 0.717) is 5.95 Å². The van der Waals surface area contributed by atoms with Crippen LogP contribution in [0.2, 0.25) is 0 Å². The van der Waals surface area contributed by atoms with Crippen LogP contribution in [0, 0.1) is 0 Å². The van der Waals surface area contributed by atoms with Gasteiger partial charge in [-0.25, -0.2) is 4.98 Å². The number of aromatic nitrogens is 2. The van der Waals surface area contributed by atoms with Crippen LogP contribution in [0.25, 0.3) is 0 Å². The van der Waals surface area contributed by atoms with E-state index in [1.54, 1.807) is 6.20 Å². The fourth-order valence-electron chi connectivity index (χ4n) is 2.12. The van der Waals surface area contributed by atoms with Gasteiger partial charge in [-0.1, -0.05) is 15.9 Å². The highest BCUT2D eigenvalue weighted by Crippen LogP contribution is 2.34. The van der Waals surface area contributed by atoms with Crippen molar-refractivity contribution in [3.63, 3.8) is 0 Å². The van der Waals surface area contributed by atoms with Crippen molar-refractivity contribution in [3.05, 3.63) is 40.5 Å². The second-order valence-electron chi connectivity index (χ2n) is 3.95. The van der Waals surface area contributed by atoms with Gasteiger partial charge in [0.05, 0.1) is 0 Å². The number of nitrogens with zero attached hydrogens (tertiary/aromatic N) is 3. The molecule has 0 fully saturated rings. The molecule has 0 bridgehead atoms. The normalized spacial score (nSPS) is 13.1. The first-order chi connectivity index (χ1) is 8.24. The van der Waals surface area contributed by atoms with E-state index in [-0.39, 0.29) is 12.4 Å². The van der Waals surface area contributed by atoms with E-state index in [9.17, 15) is 0 Å². The molecular formula is C12H12BrClN4. The van der Waals surface area contributed by atoms with Gasteiger partial charge in [0.15, 0.2) is 0 Å². The van der Waals surface area contributed by atoms with Crippen LogP contribution in [-0.2, 0) is 6.42 Å². The first-order valence-electron chi connectivity index (χ1n) is 5.38. The number of fused-ring (bicyclic) bond motifs is 1. The lowest BCUT2D eigenvalue weighted by Gasteiger charge is -2.18. The number of anilines is 3. The van der Waals surface area contributed by atoms with Gasteiger partial charge in [0.1, 0.15) is 5.82 Å². The van der Waals surface area contributed by atoms with Crippen molar-refractivity contribution in [1.29, 1.82) is 0 Å². The van der Waals surface area contributed by atoms with E-state index in [0.717, 1.165) is 23.3 Å². The van der Waals surface area contributed by atoms with Crippen LogP contribution >= 0.6 is 28.3 Å². The summed E-state index contributed by atoms with van der Waals surface area (Å²) in [5.41, 5.74) is 8.14. The second-order valence-corrected chi connectivity index (χ2v) is 4.86. The average Bonchev–Trinajstić information content (AvgIpc) is 2.71. The van der Waals surface area contributed by atoms with Crippen molar-refractivity contribution in [2.75, 3.05) is 17.2 Å². The molecule has 2 N–H and O–H groups in total. The van der Waals surface area contributed by atoms with Crippen LogP contribution in [0.1, 0.15) is 5.56 Å². The Bertz CT molecular complexity index is 576. The monoisotopic (exact) mass is 326 g/mol. The van der Waals surface area contributed by atoms with Crippen molar-refractivity contribution < 1.29 is 0 Å². The van der Waals surface area contributed by atoms with E-state index in [2.05, 4.69) is 42.9 Å². The summed E-state index contributed by atoms with van der Waals surface area (Å²) in [4.78, 5) is 10.3. The van der Waals surface area contributed by atoms with Crippen LogP contribution < -0.4 is 10.6 Å². The van der Waals surface area contributed by atoms with Crippen LogP contribution in [0.3, 0.4) is 0 Å². The molecule has 0 amide bonds. The van der Waals surface area contributed by atoms with Crippen LogP contribution in [-0.4, -0.2) is 16.5 Å². The highest BCUT2D eigenvalue weighted by molar-refractivity contribution is 9.10. The lowest BCUT2D eigenvalue weighted by atomic mass is 10.2. The molecule has 2 heterocycles. The lowest BCUT2D eigenvalue weighted by molar-refractivity contribution is 0.968. The summed E-state index contributed by atoms with van der Waals surface area (Å²) in [6.45, 7) is 0.933. The van der Waals surface area contributed by atoms with Gasteiger partial charge in [-0.2, -0.15) is 4.98 Å². The summed E-state index contributed by atoms with van der Waals surface area (Å²) >= 11 is 3.49. The second kappa shape index (κ2) is 5.12. The highest BCUT2D eigenvalue weighted by Gasteiger charge is 2.21. The predicted octanol–water partition coefficient (Wildman–Crippen LogP) is 2.94. The van der Waals surface area contributed by atoms with Crippen LogP contribution in [0.15, 0.2) is 34.9 Å². The number of hydrogen-bond acceptors (Lipinski definition) is 4. The lowest BCUT2D eigenvalue weighted by Crippen LogP contribution is -2.15. The summed E-state index contributed by atoms with van der Waals surface area (Å²) in [6.07, 6.45) is 2.72. The van der Waals surface area contributed by atoms with Crippen molar-refractivity contribution >= 4 is 45.8 Å². The van der Waals surface area contributed by atoms with Crippen molar-refractivity contribution in [1.82, 2.24) is 9.97 Å². The zero-order chi connectivity index (χ0) is 11.8. The zero-order valence-electron chi connectivity index (χ0n) is 9.51. The predicted molar refractivity (Wildman–Crippen MR) is 78.5 cm³/mol. The minimum Gasteiger partial charge on any atom is -0.368 e. The molecule has 0 spiro atoms. The highest BCUT2D eigenvalue weighted by atomic mass is 79.9. The molecule has 6 heteroatoms. The van der Waals surface area contributed by atoms with Gasteiger partial charge in [-0.05, 0) is 36.2 Å². The fourth-order valence-corrected chi connectivity index (χ4v) is 2.53. The third kappa shape index (κ3) is 2.28. The van der Waals surface area contributed by atoms with E-state index in [1.165, 1.54) is 11.3 Å². The molecule has 0 aliphatic carbocycles. The van der Waals surface area contributed by atoms with Crippen LogP contribution in [0.4, 0.5) is 17.5 Å². The Morgan fingerprint density at radius 1 is 1.28 bits per heavy atom. The van der Waals surface area contributed by atoms with Gasteiger partial charge < -0.3 is 10.6 Å². The average molecular weight is 328 g/mol. The molecule has 18 heavy (non-hydrogen) atoms. The van der Waals surface area contributed by atoms with E-state index < -0.39 is 0 Å². The van der Waals surface area contributed by atoms with Gasteiger partial charge in [0.2, 0.25) is 5.95 Å². The van der Waals surface area contributed by atoms with Gasteiger partial charge in [-0.3, -0.25) is 0 Å². The Morgan fingerprint density at radius 2 is 2.11 bits per heavy atom. The van der Waals surface area contributed by atoms with E-state index in [4.69, 9.17) is 5.73 Å². The smallest absolute Gasteiger partial charge is 0.221 e. The molecule has 1 aromatic carbocycles. The van der Waals surface area contributed by atoms with Crippen molar-refractivity contribution in [3.8, 4) is 0 Å². The number of nitrogens with two attached hydrogens (primary N) is 1. The Hall–Kier alpha value is -1.33. The maximum absolute atomic E-state index is 5.61. The number of halogens is 2. The number of nitrogen functional groups attached to an aromatic ring is 1. The molecule has 2 aromatic rings. The Morgan fingerprint density at radius 3 is 2.89 bits per heavy atom. The van der Waals surface area contributed by atoms with Gasteiger partial charge in [0.25, 0.3) is 0 Å². The minimum atomic E-state index is 0. The summed E-state index contributed by atoms with van der Waals surface area (Å²) in [6, 6.07) is 8.18. The molecule has 0 saturated carbocycles. The number of rotatable bonds is 1. The summed E-state index contributed by atoms with van der Waals surface area (Å²) in [7, 11) is 0. The summed E-state index contributed by atoms with van der Waals surface area (Å²) in [5, 5.41) is 0. The Labute approximate surface area is 120 Å². The minimum absolute atomic E-state index is 0. The molecule has 4 nitrogen and oxygen atoms in total. The Balaban J connectivity index is 0.00000120. The third-order valence-electron chi connectivity index (χ3n) is 2.87. The summed E-state index contributed by atoms with van der Waals surface area (Å²) in [5.74, 6) is 1.17. The number of benzene rings is 1. The van der Waals surface area contributed by atoms with Crippen LogP contribution in [0.5, 0.6) is 0 Å². The van der Waals surface area contributed by atoms with Gasteiger partial charge >= 0.3 is 0 Å². The molecule has 94 valence electrons. The maximum Gasteiger partial charge on any atom is 0.221 e. The number of hydrogen-bond donors (Lipinski definition) is 1. The molecule has 0 saturated heterocycles. The topological polar surface area (TPSA) is 55.0 Å². The standard InChI is InChI=1S/C12H11BrN4.ClH/c13-9-1-2-10-8(7-9)4-6-17(10)11-3-5-15-12(14)16-11;/h1-3,5,7H,4,6H2,(H2,14,15,16);1H. The van der Waals surface area contributed by atoms with Crippen molar-refractivity contribution in [2.45, 2.75) is 6.42 Å². The largest absolute Gasteiger partial charge is 0.368 e. The molecule has 0 unspecified atom stereocenters. The quantitative estimate of drug-likeness (QED) is 0.875. The molecule has 1 aromatic heterocycles. The molecule has 0 radical (unpaired) electrons. The third-order valence-corrected chi connectivity index (χ3v) is 3.37. The van der Waals surface area contributed by atoms with Crippen molar-refractivity contribution in [2.24, 2.45) is 0 Å². The summed E-state index contributed by atoms with van der Waals surface area (Å²) < 4.78 is 1.11. The van der Waals surface area contributed by atoms with E-state index >= 15 is 0 Å². The fraction of sp³-hybridized carbons (Fsp3) is 0.167.